The SMILES string of the molecule is NC1Cc2ccccc2C1COc1ccccc1C(=O)c1ccccc1. The van der Waals surface area contributed by atoms with Gasteiger partial charge in [0.1, 0.15) is 5.75 Å². The lowest BCUT2D eigenvalue weighted by Crippen LogP contribution is -2.29. The molecule has 0 fully saturated rings. The third-order valence-corrected chi connectivity index (χ3v) is 5.01. The molecule has 0 radical (unpaired) electrons. The molecule has 2 N–H and O–H groups in total. The molecule has 2 atom stereocenters. The summed E-state index contributed by atoms with van der Waals surface area (Å²) in [6.07, 6.45) is 0.870. The van der Waals surface area contributed by atoms with E-state index in [0.717, 1.165) is 6.42 Å². The number of carbonyl (C=O) groups excluding carboxylic acids is 1. The first kappa shape index (κ1) is 16.6. The minimum absolute atomic E-state index is 0.0303. The third kappa shape index (κ3) is 3.14. The molecule has 0 aromatic heterocycles. The predicted octanol–water partition coefficient (Wildman–Crippen LogP) is 3.96. The standard InChI is InChI=1S/C23H21NO2/c24-21-14-17-10-4-5-11-18(17)20(21)15-26-22-13-7-6-12-19(22)23(25)16-8-2-1-3-9-16/h1-13,20-21H,14-15,24H2. The highest BCUT2D eigenvalue weighted by Gasteiger charge is 2.30. The molecule has 3 aromatic carbocycles. The van der Waals surface area contributed by atoms with Crippen molar-refractivity contribution in [2.75, 3.05) is 6.61 Å². The Morgan fingerprint density at radius 2 is 1.62 bits per heavy atom. The van der Waals surface area contributed by atoms with Crippen molar-refractivity contribution >= 4 is 5.78 Å². The molecule has 3 heteroatoms. The van der Waals surface area contributed by atoms with E-state index in [1.165, 1.54) is 11.1 Å². The fraction of sp³-hybridized carbons (Fsp3) is 0.174. The zero-order valence-corrected chi connectivity index (χ0v) is 14.5. The zero-order valence-electron chi connectivity index (χ0n) is 14.5. The van der Waals surface area contributed by atoms with Crippen LogP contribution in [0.5, 0.6) is 5.75 Å². The summed E-state index contributed by atoms with van der Waals surface area (Å²) in [5.41, 5.74) is 10.1. The molecule has 0 aliphatic heterocycles. The van der Waals surface area contributed by atoms with Crippen molar-refractivity contribution in [3.63, 3.8) is 0 Å². The first-order valence-corrected chi connectivity index (χ1v) is 8.89. The van der Waals surface area contributed by atoms with Crippen LogP contribution in [0.15, 0.2) is 78.9 Å². The average Bonchev–Trinajstić information content (AvgIpc) is 3.02. The quantitative estimate of drug-likeness (QED) is 0.713. The van der Waals surface area contributed by atoms with Crippen LogP contribution in [0.25, 0.3) is 0 Å². The number of para-hydroxylation sites is 1. The first-order chi connectivity index (χ1) is 12.7. The molecule has 0 bridgehead atoms. The molecular weight excluding hydrogens is 322 g/mol. The van der Waals surface area contributed by atoms with Crippen molar-refractivity contribution in [3.8, 4) is 5.75 Å². The summed E-state index contributed by atoms with van der Waals surface area (Å²) in [7, 11) is 0. The van der Waals surface area contributed by atoms with Gasteiger partial charge in [-0.3, -0.25) is 4.79 Å². The van der Waals surface area contributed by atoms with Gasteiger partial charge in [0.05, 0.1) is 12.2 Å². The molecule has 1 aliphatic rings. The maximum Gasteiger partial charge on any atom is 0.196 e. The lowest BCUT2D eigenvalue weighted by Gasteiger charge is -2.19. The van der Waals surface area contributed by atoms with Gasteiger partial charge in [0, 0.05) is 17.5 Å². The number of hydrogen-bond acceptors (Lipinski definition) is 3. The Balaban J connectivity index is 1.56. The van der Waals surface area contributed by atoms with Gasteiger partial charge < -0.3 is 10.5 Å². The van der Waals surface area contributed by atoms with Gasteiger partial charge in [-0.25, -0.2) is 0 Å². The molecule has 0 saturated heterocycles. The van der Waals surface area contributed by atoms with Gasteiger partial charge in [-0.05, 0) is 29.7 Å². The molecular formula is C23H21NO2. The van der Waals surface area contributed by atoms with Gasteiger partial charge in [-0.2, -0.15) is 0 Å². The van der Waals surface area contributed by atoms with Crippen LogP contribution in [0.3, 0.4) is 0 Å². The predicted molar refractivity (Wildman–Crippen MR) is 103 cm³/mol. The Bertz CT molecular complexity index is 920. The Labute approximate surface area is 153 Å². The van der Waals surface area contributed by atoms with E-state index >= 15 is 0 Å². The number of rotatable bonds is 5. The highest BCUT2D eigenvalue weighted by atomic mass is 16.5. The Morgan fingerprint density at radius 3 is 2.46 bits per heavy atom. The number of fused-ring (bicyclic) bond motifs is 1. The Hall–Kier alpha value is -2.91. The van der Waals surface area contributed by atoms with Crippen molar-refractivity contribution in [3.05, 3.63) is 101 Å². The van der Waals surface area contributed by atoms with Crippen LogP contribution in [0.2, 0.25) is 0 Å². The van der Waals surface area contributed by atoms with E-state index in [9.17, 15) is 4.79 Å². The minimum Gasteiger partial charge on any atom is -0.492 e. The van der Waals surface area contributed by atoms with E-state index in [2.05, 4.69) is 12.1 Å². The average molecular weight is 343 g/mol. The maximum atomic E-state index is 12.8. The van der Waals surface area contributed by atoms with Crippen LogP contribution in [0, 0.1) is 0 Å². The lowest BCUT2D eigenvalue weighted by molar-refractivity contribution is 0.103. The molecule has 0 spiro atoms. The van der Waals surface area contributed by atoms with Gasteiger partial charge >= 0.3 is 0 Å². The summed E-state index contributed by atoms with van der Waals surface area (Å²) in [6, 6.07) is 25.1. The summed E-state index contributed by atoms with van der Waals surface area (Å²) in [4.78, 5) is 12.8. The molecule has 3 nitrogen and oxygen atoms in total. The van der Waals surface area contributed by atoms with Crippen molar-refractivity contribution in [2.45, 2.75) is 18.4 Å². The van der Waals surface area contributed by atoms with E-state index in [0.29, 0.717) is 23.5 Å². The number of hydrogen-bond donors (Lipinski definition) is 1. The van der Waals surface area contributed by atoms with Gasteiger partial charge in [0.2, 0.25) is 0 Å². The summed E-state index contributed by atoms with van der Waals surface area (Å²) in [5.74, 6) is 0.723. The van der Waals surface area contributed by atoms with Crippen molar-refractivity contribution < 1.29 is 9.53 Å². The molecule has 3 aromatic rings. The van der Waals surface area contributed by atoms with Crippen LogP contribution in [0.1, 0.15) is 33.0 Å². The van der Waals surface area contributed by atoms with E-state index in [-0.39, 0.29) is 17.7 Å². The van der Waals surface area contributed by atoms with Crippen LogP contribution in [-0.2, 0) is 6.42 Å². The van der Waals surface area contributed by atoms with Crippen LogP contribution in [0.4, 0.5) is 0 Å². The molecule has 0 saturated carbocycles. The van der Waals surface area contributed by atoms with Gasteiger partial charge in [0.25, 0.3) is 0 Å². The second-order valence-corrected chi connectivity index (χ2v) is 6.68. The second-order valence-electron chi connectivity index (χ2n) is 6.68. The molecule has 2 unspecified atom stereocenters. The fourth-order valence-electron chi connectivity index (χ4n) is 3.63. The summed E-state index contributed by atoms with van der Waals surface area (Å²) < 4.78 is 6.09. The summed E-state index contributed by atoms with van der Waals surface area (Å²) in [5, 5.41) is 0. The maximum absolute atomic E-state index is 12.8. The highest BCUT2D eigenvalue weighted by Crippen LogP contribution is 2.33. The smallest absolute Gasteiger partial charge is 0.196 e. The summed E-state index contributed by atoms with van der Waals surface area (Å²) in [6.45, 7) is 0.470. The fourth-order valence-corrected chi connectivity index (χ4v) is 3.63. The number of ketones is 1. The van der Waals surface area contributed by atoms with E-state index in [1.54, 1.807) is 0 Å². The second kappa shape index (κ2) is 7.14. The molecule has 0 amide bonds. The van der Waals surface area contributed by atoms with Gasteiger partial charge in [0.15, 0.2) is 5.78 Å². The lowest BCUT2D eigenvalue weighted by atomic mass is 9.99. The Morgan fingerprint density at radius 1 is 0.923 bits per heavy atom. The normalized spacial score (nSPS) is 18.3. The largest absolute Gasteiger partial charge is 0.492 e. The van der Waals surface area contributed by atoms with Crippen LogP contribution in [-0.4, -0.2) is 18.4 Å². The van der Waals surface area contributed by atoms with Crippen molar-refractivity contribution in [2.24, 2.45) is 5.73 Å². The van der Waals surface area contributed by atoms with Crippen molar-refractivity contribution in [1.82, 2.24) is 0 Å². The topological polar surface area (TPSA) is 52.3 Å². The molecule has 1 aliphatic carbocycles. The third-order valence-electron chi connectivity index (χ3n) is 5.01. The van der Waals surface area contributed by atoms with Gasteiger partial charge in [-0.1, -0.05) is 66.7 Å². The summed E-state index contributed by atoms with van der Waals surface area (Å²) >= 11 is 0. The van der Waals surface area contributed by atoms with Crippen LogP contribution < -0.4 is 10.5 Å². The Kier molecular flexibility index (Phi) is 4.55. The number of benzene rings is 3. The zero-order chi connectivity index (χ0) is 17.9. The van der Waals surface area contributed by atoms with E-state index < -0.39 is 0 Å². The van der Waals surface area contributed by atoms with E-state index in [4.69, 9.17) is 10.5 Å². The monoisotopic (exact) mass is 343 g/mol. The number of carbonyl (C=O) groups is 1. The first-order valence-electron chi connectivity index (χ1n) is 8.89. The van der Waals surface area contributed by atoms with Crippen molar-refractivity contribution in [1.29, 1.82) is 0 Å². The number of ether oxygens (including phenoxy) is 1. The minimum atomic E-state index is -0.0303. The molecule has 26 heavy (non-hydrogen) atoms. The van der Waals surface area contributed by atoms with Gasteiger partial charge in [-0.15, -0.1) is 0 Å². The van der Waals surface area contributed by atoms with Crippen LogP contribution >= 0.6 is 0 Å². The molecule has 130 valence electrons. The number of nitrogens with two attached hydrogens (primary N) is 1. The highest BCUT2D eigenvalue weighted by molar-refractivity contribution is 6.10. The van der Waals surface area contributed by atoms with E-state index in [1.807, 2.05) is 66.7 Å². The molecule has 0 heterocycles. The molecule has 4 rings (SSSR count).